The Morgan fingerprint density at radius 2 is 1.80 bits per heavy atom. The normalized spacial score (nSPS) is 12.1. The molecule has 1 N–H and O–H groups in total. The lowest BCUT2D eigenvalue weighted by Crippen LogP contribution is -2.05. The predicted molar refractivity (Wildman–Crippen MR) is 80.4 cm³/mol. The number of nitrogens with zero attached hydrogens (tertiary/aromatic N) is 1. The summed E-state index contributed by atoms with van der Waals surface area (Å²) in [5, 5.41) is 16.2. The topological polar surface area (TPSA) is 32.6 Å². The number of aryl methyl sites for hydroxylation is 1. The molecule has 0 spiro atoms. The van der Waals surface area contributed by atoms with E-state index < -0.39 is 0 Å². The van der Waals surface area contributed by atoms with E-state index in [0.717, 1.165) is 37.3 Å². The molecule has 0 atom stereocenters. The highest BCUT2D eigenvalue weighted by Crippen LogP contribution is 2.34. The molecule has 3 aromatic carbocycles. The lowest BCUT2D eigenvalue weighted by molar-refractivity contribution is 0.482. The van der Waals surface area contributed by atoms with Crippen LogP contribution < -0.4 is 10.6 Å². The first-order valence-corrected chi connectivity index (χ1v) is 6.59. The Hall–Kier alpha value is -2.61. The molecule has 0 amide bonds. The third-order valence-electron chi connectivity index (χ3n) is 3.93. The van der Waals surface area contributed by atoms with Crippen molar-refractivity contribution in [2.75, 3.05) is 0 Å². The van der Waals surface area contributed by atoms with Gasteiger partial charge in [-0.2, -0.15) is 0 Å². The molecule has 0 aliphatic carbocycles. The number of rotatable bonds is 0. The van der Waals surface area contributed by atoms with Gasteiger partial charge in [0.1, 0.15) is 11.4 Å². The van der Waals surface area contributed by atoms with E-state index in [1.54, 1.807) is 0 Å². The molecule has 1 aliphatic heterocycles. The first kappa shape index (κ1) is 11.2. The Balaban J connectivity index is 2.40. The van der Waals surface area contributed by atoms with Crippen molar-refractivity contribution in [2.45, 2.75) is 6.92 Å². The Kier molecular flexibility index (Phi) is 2.08. The molecular weight excluding hydrogens is 246 g/mol. The fourth-order valence-corrected chi connectivity index (χ4v) is 2.94. The Bertz CT molecular complexity index is 1080. The summed E-state index contributed by atoms with van der Waals surface area (Å²) < 4.78 is 0. The van der Waals surface area contributed by atoms with Crippen LogP contribution in [0.15, 0.2) is 47.5 Å². The van der Waals surface area contributed by atoms with E-state index in [-0.39, 0.29) is 5.75 Å². The molecule has 0 fully saturated rings. The Morgan fingerprint density at radius 3 is 2.60 bits per heavy atom. The second kappa shape index (κ2) is 3.70. The molecule has 0 unspecified atom stereocenters. The lowest BCUT2D eigenvalue weighted by atomic mass is 10.0. The molecule has 1 aliphatic rings. The first-order valence-electron chi connectivity index (χ1n) is 6.59. The maximum Gasteiger partial charge on any atom is 0.149 e. The van der Waals surface area contributed by atoms with Crippen LogP contribution in [0.5, 0.6) is 5.75 Å². The minimum absolute atomic E-state index is 0.247. The van der Waals surface area contributed by atoms with Crippen molar-refractivity contribution in [2.24, 2.45) is 4.99 Å². The van der Waals surface area contributed by atoms with E-state index in [4.69, 9.17) is 0 Å². The van der Waals surface area contributed by atoms with Crippen LogP contribution in [0, 0.1) is 17.4 Å². The Morgan fingerprint density at radius 1 is 1.05 bits per heavy atom. The molecule has 4 rings (SSSR count). The summed E-state index contributed by atoms with van der Waals surface area (Å²) in [6.07, 6.45) is 0. The molecule has 96 valence electrons. The van der Waals surface area contributed by atoms with Crippen LogP contribution in [0.25, 0.3) is 17.4 Å². The summed E-state index contributed by atoms with van der Waals surface area (Å²) in [6.45, 7) is 6.25. The van der Waals surface area contributed by atoms with E-state index in [2.05, 4.69) is 23.7 Å². The number of benzene rings is 3. The smallest absolute Gasteiger partial charge is 0.149 e. The van der Waals surface area contributed by atoms with Gasteiger partial charge in [0.05, 0.1) is 5.36 Å². The zero-order valence-electron chi connectivity index (χ0n) is 11.1. The fraction of sp³-hybridized carbons (Fsp3) is 0.0556. The summed E-state index contributed by atoms with van der Waals surface area (Å²) in [5.74, 6) is 0.247. The molecule has 0 saturated carbocycles. The fourth-order valence-electron chi connectivity index (χ4n) is 2.94. The van der Waals surface area contributed by atoms with Crippen molar-refractivity contribution >= 4 is 23.0 Å². The van der Waals surface area contributed by atoms with Gasteiger partial charge >= 0.3 is 0 Å². The molecular formula is C18H13NO. The van der Waals surface area contributed by atoms with Crippen LogP contribution in [0.2, 0.25) is 0 Å². The van der Waals surface area contributed by atoms with Crippen LogP contribution in [-0.4, -0.2) is 5.11 Å². The minimum atomic E-state index is 0.247. The largest absolute Gasteiger partial charge is 0.505 e. The second-order valence-corrected chi connectivity index (χ2v) is 5.23. The number of phenolic OH excluding ortho intramolecular Hbond substituents is 1. The van der Waals surface area contributed by atoms with E-state index in [9.17, 15) is 5.11 Å². The third-order valence-corrected chi connectivity index (χ3v) is 3.93. The van der Waals surface area contributed by atoms with Crippen LogP contribution in [0.1, 0.15) is 5.56 Å². The van der Waals surface area contributed by atoms with Gasteiger partial charge in [0.2, 0.25) is 0 Å². The molecule has 3 aromatic rings. The van der Waals surface area contributed by atoms with Gasteiger partial charge in [-0.05, 0) is 29.2 Å². The van der Waals surface area contributed by atoms with Crippen molar-refractivity contribution in [1.29, 1.82) is 0 Å². The average molecular weight is 259 g/mol. The SMILES string of the molecule is C=c1c2c(c(O)c3ccccc13)N=c1cc(C)ccc1=2. The second-order valence-electron chi connectivity index (χ2n) is 5.23. The summed E-state index contributed by atoms with van der Waals surface area (Å²) in [4.78, 5) is 4.60. The van der Waals surface area contributed by atoms with E-state index >= 15 is 0 Å². The highest BCUT2D eigenvalue weighted by atomic mass is 16.3. The van der Waals surface area contributed by atoms with Crippen LogP contribution in [0.3, 0.4) is 0 Å². The van der Waals surface area contributed by atoms with Crippen molar-refractivity contribution < 1.29 is 5.11 Å². The zero-order chi connectivity index (χ0) is 13.9. The molecule has 0 saturated heterocycles. The van der Waals surface area contributed by atoms with Crippen molar-refractivity contribution in [3.8, 4) is 5.75 Å². The number of fused-ring (bicyclic) bond motifs is 3. The third kappa shape index (κ3) is 1.31. The maximum atomic E-state index is 10.5. The van der Waals surface area contributed by atoms with Crippen LogP contribution >= 0.6 is 0 Å². The number of hydrogen-bond acceptors (Lipinski definition) is 2. The van der Waals surface area contributed by atoms with Gasteiger partial charge < -0.3 is 5.11 Å². The zero-order valence-corrected chi connectivity index (χ0v) is 11.1. The van der Waals surface area contributed by atoms with Gasteiger partial charge in [-0.3, -0.25) is 0 Å². The molecule has 0 aromatic heterocycles. The van der Waals surface area contributed by atoms with Gasteiger partial charge in [-0.25, -0.2) is 4.99 Å². The first-order chi connectivity index (χ1) is 9.66. The number of aromatic hydroxyl groups is 1. The van der Waals surface area contributed by atoms with E-state index in [0.29, 0.717) is 5.69 Å². The molecule has 20 heavy (non-hydrogen) atoms. The minimum Gasteiger partial charge on any atom is -0.505 e. The van der Waals surface area contributed by atoms with E-state index in [1.807, 2.05) is 37.3 Å². The van der Waals surface area contributed by atoms with Crippen LogP contribution in [-0.2, 0) is 0 Å². The highest BCUT2D eigenvalue weighted by molar-refractivity contribution is 5.93. The predicted octanol–water partition coefficient (Wildman–Crippen LogP) is 2.82. The molecule has 2 heteroatoms. The molecule has 2 nitrogen and oxygen atoms in total. The Labute approximate surface area is 115 Å². The standard InChI is InChI=1S/C18H13NO/c1-10-7-8-14-15(9-10)19-17-16(14)11(2)12-5-3-4-6-13(12)18(17)20/h3-9,20H,2H2,1H3. The quantitative estimate of drug-likeness (QED) is 0.517. The van der Waals surface area contributed by atoms with Gasteiger partial charge in [0, 0.05) is 15.8 Å². The van der Waals surface area contributed by atoms with Crippen LogP contribution in [0.4, 0.5) is 5.69 Å². The summed E-state index contributed by atoms with van der Waals surface area (Å²) in [6, 6.07) is 13.9. The van der Waals surface area contributed by atoms with Crippen molar-refractivity contribution in [1.82, 2.24) is 0 Å². The summed E-state index contributed by atoms with van der Waals surface area (Å²) in [7, 11) is 0. The van der Waals surface area contributed by atoms with E-state index in [1.165, 1.54) is 0 Å². The maximum absolute atomic E-state index is 10.5. The average Bonchev–Trinajstić information content (AvgIpc) is 2.83. The summed E-state index contributed by atoms with van der Waals surface area (Å²) >= 11 is 0. The molecule has 0 bridgehead atoms. The lowest BCUT2D eigenvalue weighted by Gasteiger charge is -2.04. The van der Waals surface area contributed by atoms with Gasteiger partial charge in [0.15, 0.2) is 0 Å². The molecule has 0 radical (unpaired) electrons. The van der Waals surface area contributed by atoms with Gasteiger partial charge in [-0.15, -0.1) is 0 Å². The summed E-state index contributed by atoms with van der Waals surface area (Å²) in [5.41, 5.74) is 1.81. The monoisotopic (exact) mass is 259 g/mol. The van der Waals surface area contributed by atoms with Crippen molar-refractivity contribution in [3.63, 3.8) is 0 Å². The van der Waals surface area contributed by atoms with Gasteiger partial charge in [0.25, 0.3) is 0 Å². The molecule has 1 heterocycles. The highest BCUT2D eigenvalue weighted by Gasteiger charge is 2.14. The van der Waals surface area contributed by atoms with Crippen molar-refractivity contribution in [3.05, 3.63) is 69.0 Å². The number of hydrogen-bond donors (Lipinski definition) is 1. The number of phenols is 1. The van der Waals surface area contributed by atoms with Gasteiger partial charge in [-0.1, -0.05) is 43.0 Å².